The minimum atomic E-state index is 0.0254. The number of hydrogen-bond acceptors (Lipinski definition) is 5. The molecule has 0 fully saturated rings. The number of amides is 1. The van der Waals surface area contributed by atoms with Gasteiger partial charge in [-0.1, -0.05) is 48.0 Å². The fourth-order valence-corrected chi connectivity index (χ4v) is 2.72. The zero-order valence-electron chi connectivity index (χ0n) is 15.9. The Balaban J connectivity index is 1.67. The maximum atomic E-state index is 11.8. The molecule has 0 aliphatic rings. The molecular formula is C21H24N4O2. The van der Waals surface area contributed by atoms with Gasteiger partial charge in [0.1, 0.15) is 0 Å². The number of carbonyl (C=O) groups is 1. The van der Waals surface area contributed by atoms with Gasteiger partial charge in [0, 0.05) is 23.4 Å². The van der Waals surface area contributed by atoms with Crippen LogP contribution < -0.4 is 10.6 Å². The highest BCUT2D eigenvalue weighted by atomic mass is 16.5. The zero-order chi connectivity index (χ0) is 19.2. The summed E-state index contributed by atoms with van der Waals surface area (Å²) in [6.45, 7) is 6.40. The number of rotatable bonds is 7. The standard InChI is InChI=1S/C21H24N4O2/c1-4-6-19(26)23-18-8-5-7-17(15(18)3)22-13-20-24-21(25-27-20)16-11-9-14(2)10-12-16/h5,7-12,22H,4,6,13H2,1-3H3,(H,23,26). The smallest absolute Gasteiger partial charge is 0.246 e. The highest BCUT2D eigenvalue weighted by Gasteiger charge is 2.10. The van der Waals surface area contributed by atoms with Crippen molar-refractivity contribution in [1.82, 2.24) is 10.1 Å². The molecule has 2 N–H and O–H groups in total. The van der Waals surface area contributed by atoms with Gasteiger partial charge < -0.3 is 15.2 Å². The summed E-state index contributed by atoms with van der Waals surface area (Å²) in [6, 6.07) is 13.8. The lowest BCUT2D eigenvalue weighted by atomic mass is 10.1. The molecule has 0 aliphatic heterocycles. The van der Waals surface area contributed by atoms with E-state index in [9.17, 15) is 4.79 Å². The van der Waals surface area contributed by atoms with E-state index in [4.69, 9.17) is 4.52 Å². The van der Waals surface area contributed by atoms with E-state index in [-0.39, 0.29) is 5.91 Å². The lowest BCUT2D eigenvalue weighted by Crippen LogP contribution is -2.12. The fourth-order valence-electron chi connectivity index (χ4n) is 2.72. The van der Waals surface area contributed by atoms with E-state index in [1.165, 1.54) is 5.56 Å². The number of aromatic nitrogens is 2. The maximum absolute atomic E-state index is 11.8. The van der Waals surface area contributed by atoms with E-state index in [0.29, 0.717) is 24.7 Å². The number of aryl methyl sites for hydroxylation is 1. The molecule has 0 saturated heterocycles. The number of nitrogens with one attached hydrogen (secondary N) is 2. The molecule has 1 amide bonds. The average molecular weight is 364 g/mol. The molecular weight excluding hydrogens is 340 g/mol. The summed E-state index contributed by atoms with van der Waals surface area (Å²) < 4.78 is 5.34. The molecule has 2 aromatic carbocycles. The summed E-state index contributed by atoms with van der Waals surface area (Å²) in [5, 5.41) is 10.3. The SMILES string of the molecule is CCCC(=O)Nc1cccc(NCc2nc(-c3ccc(C)cc3)no2)c1C. The van der Waals surface area contributed by atoms with Crippen LogP contribution in [0.15, 0.2) is 47.0 Å². The number of benzene rings is 2. The number of carbonyl (C=O) groups excluding carboxylic acids is 1. The van der Waals surface area contributed by atoms with Crippen molar-refractivity contribution in [3.05, 3.63) is 59.5 Å². The first-order valence-electron chi connectivity index (χ1n) is 9.09. The van der Waals surface area contributed by atoms with Gasteiger partial charge in [0.15, 0.2) is 0 Å². The van der Waals surface area contributed by atoms with Crippen LogP contribution in [0.3, 0.4) is 0 Å². The third-order valence-corrected chi connectivity index (χ3v) is 4.29. The molecule has 3 rings (SSSR count). The monoisotopic (exact) mass is 364 g/mol. The summed E-state index contributed by atoms with van der Waals surface area (Å²) in [5.74, 6) is 1.10. The Bertz CT molecular complexity index is 916. The van der Waals surface area contributed by atoms with Gasteiger partial charge in [-0.3, -0.25) is 4.79 Å². The minimum absolute atomic E-state index is 0.0254. The van der Waals surface area contributed by atoms with Crippen LogP contribution in [-0.2, 0) is 11.3 Å². The molecule has 0 atom stereocenters. The van der Waals surface area contributed by atoms with E-state index < -0.39 is 0 Å². The van der Waals surface area contributed by atoms with Crippen LogP contribution in [0.5, 0.6) is 0 Å². The molecule has 6 nitrogen and oxygen atoms in total. The topological polar surface area (TPSA) is 80.0 Å². The summed E-state index contributed by atoms with van der Waals surface area (Å²) in [5.41, 5.74) is 4.81. The van der Waals surface area contributed by atoms with Crippen LogP contribution in [0.25, 0.3) is 11.4 Å². The third-order valence-electron chi connectivity index (χ3n) is 4.29. The van der Waals surface area contributed by atoms with Gasteiger partial charge in [0.2, 0.25) is 17.6 Å². The van der Waals surface area contributed by atoms with Gasteiger partial charge in [-0.05, 0) is 38.0 Å². The number of nitrogens with zero attached hydrogens (tertiary/aromatic N) is 2. The molecule has 1 aromatic heterocycles. The normalized spacial score (nSPS) is 10.6. The van der Waals surface area contributed by atoms with E-state index in [1.54, 1.807) is 0 Å². The van der Waals surface area contributed by atoms with Crippen molar-refractivity contribution in [1.29, 1.82) is 0 Å². The Morgan fingerprint density at radius 1 is 1.07 bits per heavy atom. The van der Waals surface area contributed by atoms with Crippen molar-refractivity contribution < 1.29 is 9.32 Å². The first-order valence-corrected chi connectivity index (χ1v) is 9.09. The molecule has 0 saturated carbocycles. The Morgan fingerprint density at radius 3 is 2.56 bits per heavy atom. The molecule has 140 valence electrons. The van der Waals surface area contributed by atoms with Crippen LogP contribution in [0, 0.1) is 13.8 Å². The Kier molecular flexibility index (Phi) is 5.86. The second-order valence-electron chi connectivity index (χ2n) is 6.51. The van der Waals surface area contributed by atoms with Crippen LogP contribution >= 0.6 is 0 Å². The molecule has 0 aliphatic carbocycles. The van der Waals surface area contributed by atoms with Crippen molar-refractivity contribution in [3.8, 4) is 11.4 Å². The van der Waals surface area contributed by atoms with Crippen LogP contribution in [0.4, 0.5) is 11.4 Å². The van der Waals surface area contributed by atoms with Gasteiger partial charge in [-0.25, -0.2) is 0 Å². The van der Waals surface area contributed by atoms with E-state index in [2.05, 4.69) is 20.8 Å². The van der Waals surface area contributed by atoms with Crippen molar-refractivity contribution >= 4 is 17.3 Å². The lowest BCUT2D eigenvalue weighted by Gasteiger charge is -2.13. The van der Waals surface area contributed by atoms with Gasteiger partial charge in [0.25, 0.3) is 0 Å². The summed E-state index contributed by atoms with van der Waals surface area (Å²) in [4.78, 5) is 16.3. The predicted molar refractivity (Wildman–Crippen MR) is 107 cm³/mol. The minimum Gasteiger partial charge on any atom is -0.376 e. The largest absolute Gasteiger partial charge is 0.376 e. The average Bonchev–Trinajstić information content (AvgIpc) is 3.12. The fraction of sp³-hybridized carbons (Fsp3) is 0.286. The first-order chi connectivity index (χ1) is 13.1. The zero-order valence-corrected chi connectivity index (χ0v) is 15.9. The second kappa shape index (κ2) is 8.49. The first kappa shape index (κ1) is 18.6. The van der Waals surface area contributed by atoms with Crippen LogP contribution in [0.1, 0.15) is 36.8 Å². The van der Waals surface area contributed by atoms with E-state index in [1.807, 2.05) is 63.2 Å². The van der Waals surface area contributed by atoms with Crippen molar-refractivity contribution in [2.24, 2.45) is 0 Å². The molecule has 3 aromatic rings. The summed E-state index contributed by atoms with van der Waals surface area (Å²) in [7, 11) is 0. The predicted octanol–water partition coefficient (Wildman–Crippen LogP) is 4.70. The highest BCUT2D eigenvalue weighted by molar-refractivity contribution is 5.92. The Labute approximate surface area is 159 Å². The number of hydrogen-bond donors (Lipinski definition) is 2. The second-order valence-corrected chi connectivity index (χ2v) is 6.51. The highest BCUT2D eigenvalue weighted by Crippen LogP contribution is 2.24. The quantitative estimate of drug-likeness (QED) is 0.635. The Hall–Kier alpha value is -3.15. The van der Waals surface area contributed by atoms with E-state index in [0.717, 1.165) is 28.9 Å². The third kappa shape index (κ3) is 4.73. The summed E-state index contributed by atoms with van der Waals surface area (Å²) in [6.07, 6.45) is 1.34. The van der Waals surface area contributed by atoms with Crippen LogP contribution in [0.2, 0.25) is 0 Å². The van der Waals surface area contributed by atoms with Crippen molar-refractivity contribution in [3.63, 3.8) is 0 Å². The van der Waals surface area contributed by atoms with Crippen LogP contribution in [-0.4, -0.2) is 16.0 Å². The molecule has 0 unspecified atom stereocenters. The maximum Gasteiger partial charge on any atom is 0.246 e. The summed E-state index contributed by atoms with van der Waals surface area (Å²) >= 11 is 0. The molecule has 6 heteroatoms. The van der Waals surface area contributed by atoms with Gasteiger partial charge in [-0.15, -0.1) is 0 Å². The van der Waals surface area contributed by atoms with E-state index >= 15 is 0 Å². The number of anilines is 2. The van der Waals surface area contributed by atoms with Gasteiger partial charge in [-0.2, -0.15) is 4.98 Å². The van der Waals surface area contributed by atoms with Crippen molar-refractivity contribution in [2.75, 3.05) is 10.6 Å². The molecule has 0 bridgehead atoms. The molecule has 0 spiro atoms. The molecule has 1 heterocycles. The molecule has 0 radical (unpaired) electrons. The lowest BCUT2D eigenvalue weighted by molar-refractivity contribution is -0.116. The molecule has 27 heavy (non-hydrogen) atoms. The van der Waals surface area contributed by atoms with Gasteiger partial charge in [0.05, 0.1) is 6.54 Å². The van der Waals surface area contributed by atoms with Gasteiger partial charge >= 0.3 is 0 Å². The van der Waals surface area contributed by atoms with Crippen molar-refractivity contribution in [2.45, 2.75) is 40.2 Å². The Morgan fingerprint density at radius 2 is 1.81 bits per heavy atom.